The van der Waals surface area contributed by atoms with Crippen molar-refractivity contribution >= 4 is 28.4 Å². The lowest BCUT2D eigenvalue weighted by Gasteiger charge is -2.32. The molecule has 0 saturated carbocycles. The Labute approximate surface area is 115 Å². The molecule has 0 amide bonds. The summed E-state index contributed by atoms with van der Waals surface area (Å²) in [4.78, 5) is 19.0. The van der Waals surface area contributed by atoms with Gasteiger partial charge in [-0.2, -0.15) is 0 Å². The Kier molecular flexibility index (Phi) is 3.52. The highest BCUT2D eigenvalue weighted by Crippen LogP contribution is 2.27. The van der Waals surface area contributed by atoms with Crippen molar-refractivity contribution in [3.05, 3.63) is 17.3 Å². The third-order valence-electron chi connectivity index (χ3n) is 3.71. The van der Waals surface area contributed by atoms with Crippen LogP contribution in [-0.4, -0.2) is 42.5 Å². The summed E-state index contributed by atoms with van der Waals surface area (Å²) in [7, 11) is 1.75. The molecule has 1 saturated heterocycles. The Morgan fingerprint density at radius 1 is 1.53 bits per heavy atom. The minimum Gasteiger partial charge on any atom is -0.384 e. The van der Waals surface area contributed by atoms with E-state index in [9.17, 15) is 4.79 Å². The maximum absolute atomic E-state index is 11.3. The first kappa shape index (κ1) is 12.6. The zero-order chi connectivity index (χ0) is 13.2. The summed E-state index contributed by atoms with van der Waals surface area (Å²) in [6, 6.07) is 0. The lowest BCUT2D eigenvalue weighted by atomic mass is 9.98. The number of imidazole rings is 1. The first-order valence-corrected chi connectivity index (χ1v) is 7.36. The van der Waals surface area contributed by atoms with Gasteiger partial charge in [-0.25, -0.2) is 4.98 Å². The van der Waals surface area contributed by atoms with Gasteiger partial charge in [0.25, 0.3) is 0 Å². The molecule has 0 aromatic carbocycles. The standard InChI is InChI=1S/C13H17N3O2S/c1-18-9-10-2-4-15(5-3-10)12-11(8-17)16-6-7-19-13(16)14-12/h6-8,10H,2-5,9H2,1H3. The van der Waals surface area contributed by atoms with Crippen LogP contribution in [0.3, 0.4) is 0 Å². The fourth-order valence-corrected chi connectivity index (χ4v) is 3.40. The number of carbonyl (C=O) groups is 1. The first-order valence-electron chi connectivity index (χ1n) is 6.48. The van der Waals surface area contributed by atoms with Gasteiger partial charge in [0.1, 0.15) is 5.69 Å². The molecule has 0 radical (unpaired) electrons. The van der Waals surface area contributed by atoms with E-state index in [-0.39, 0.29) is 0 Å². The van der Waals surface area contributed by atoms with Crippen LogP contribution in [0.15, 0.2) is 11.6 Å². The zero-order valence-corrected chi connectivity index (χ0v) is 11.7. The van der Waals surface area contributed by atoms with E-state index in [4.69, 9.17) is 4.74 Å². The van der Waals surface area contributed by atoms with Crippen molar-refractivity contribution in [2.45, 2.75) is 12.8 Å². The summed E-state index contributed by atoms with van der Waals surface area (Å²) >= 11 is 1.56. The lowest BCUT2D eigenvalue weighted by Crippen LogP contribution is -2.35. The third kappa shape index (κ3) is 2.26. The van der Waals surface area contributed by atoms with Crippen LogP contribution in [0.5, 0.6) is 0 Å². The predicted molar refractivity (Wildman–Crippen MR) is 75.3 cm³/mol. The second kappa shape index (κ2) is 5.30. The number of aromatic nitrogens is 2. The van der Waals surface area contributed by atoms with Gasteiger partial charge in [-0.05, 0) is 18.8 Å². The number of hydrogen-bond acceptors (Lipinski definition) is 5. The molecule has 102 valence electrons. The molecule has 0 atom stereocenters. The summed E-state index contributed by atoms with van der Waals surface area (Å²) in [5.41, 5.74) is 0.668. The minimum absolute atomic E-state index is 0.629. The maximum Gasteiger partial charge on any atom is 0.196 e. The van der Waals surface area contributed by atoms with Crippen LogP contribution >= 0.6 is 11.3 Å². The van der Waals surface area contributed by atoms with Crippen LogP contribution < -0.4 is 4.90 Å². The number of anilines is 1. The quantitative estimate of drug-likeness (QED) is 0.804. The lowest BCUT2D eigenvalue weighted by molar-refractivity contribution is 0.111. The van der Waals surface area contributed by atoms with Crippen molar-refractivity contribution in [1.29, 1.82) is 0 Å². The van der Waals surface area contributed by atoms with Crippen molar-refractivity contribution in [2.24, 2.45) is 5.92 Å². The van der Waals surface area contributed by atoms with E-state index in [1.165, 1.54) is 0 Å². The number of ether oxygens (including phenoxy) is 1. The predicted octanol–water partition coefficient (Wildman–Crippen LogP) is 2.07. The number of aldehydes is 1. The number of fused-ring (bicyclic) bond motifs is 1. The molecule has 5 nitrogen and oxygen atoms in total. The van der Waals surface area contributed by atoms with E-state index < -0.39 is 0 Å². The van der Waals surface area contributed by atoms with Crippen molar-refractivity contribution < 1.29 is 9.53 Å². The van der Waals surface area contributed by atoms with E-state index in [0.717, 1.165) is 49.6 Å². The molecule has 19 heavy (non-hydrogen) atoms. The molecule has 3 rings (SSSR count). The SMILES string of the molecule is COCC1CCN(c2nc3sccn3c2C=O)CC1. The van der Waals surface area contributed by atoms with E-state index in [0.29, 0.717) is 11.6 Å². The Balaban J connectivity index is 1.81. The number of methoxy groups -OCH3 is 1. The highest BCUT2D eigenvalue weighted by Gasteiger charge is 2.24. The number of hydrogen-bond donors (Lipinski definition) is 0. The molecule has 0 unspecified atom stereocenters. The molecule has 1 aliphatic heterocycles. The van der Waals surface area contributed by atoms with E-state index in [1.54, 1.807) is 18.4 Å². The van der Waals surface area contributed by atoms with Crippen LogP contribution in [0.1, 0.15) is 23.3 Å². The van der Waals surface area contributed by atoms with Crippen LogP contribution in [0.2, 0.25) is 0 Å². The van der Waals surface area contributed by atoms with Gasteiger partial charge in [0.15, 0.2) is 17.1 Å². The van der Waals surface area contributed by atoms with Gasteiger partial charge in [-0.3, -0.25) is 9.20 Å². The molecule has 0 bridgehead atoms. The summed E-state index contributed by atoms with van der Waals surface area (Å²) in [5.74, 6) is 1.46. The molecule has 1 fully saturated rings. The van der Waals surface area contributed by atoms with E-state index in [2.05, 4.69) is 9.88 Å². The molecule has 0 N–H and O–H groups in total. The number of thiazole rings is 1. The Morgan fingerprint density at radius 2 is 2.32 bits per heavy atom. The van der Waals surface area contributed by atoms with Crippen LogP contribution in [0.4, 0.5) is 5.82 Å². The number of rotatable bonds is 4. The van der Waals surface area contributed by atoms with Gasteiger partial charge in [-0.1, -0.05) is 0 Å². The Hall–Kier alpha value is -1.40. The second-order valence-corrected chi connectivity index (χ2v) is 5.75. The Morgan fingerprint density at radius 3 is 3.00 bits per heavy atom. The fourth-order valence-electron chi connectivity index (χ4n) is 2.68. The van der Waals surface area contributed by atoms with E-state index in [1.807, 2.05) is 16.0 Å². The largest absolute Gasteiger partial charge is 0.384 e. The van der Waals surface area contributed by atoms with Crippen molar-refractivity contribution in [3.8, 4) is 0 Å². The number of carbonyl (C=O) groups excluding carboxylic acids is 1. The van der Waals surface area contributed by atoms with Gasteiger partial charge in [-0.15, -0.1) is 11.3 Å². The van der Waals surface area contributed by atoms with Crippen molar-refractivity contribution in [3.63, 3.8) is 0 Å². The summed E-state index contributed by atoms with van der Waals surface area (Å²) in [6.07, 6.45) is 5.00. The average molecular weight is 279 g/mol. The minimum atomic E-state index is 0.629. The van der Waals surface area contributed by atoms with Crippen LogP contribution in [0, 0.1) is 5.92 Å². The monoisotopic (exact) mass is 279 g/mol. The topological polar surface area (TPSA) is 46.8 Å². The number of nitrogens with zero attached hydrogens (tertiary/aromatic N) is 3. The van der Waals surface area contributed by atoms with Gasteiger partial charge in [0, 0.05) is 38.4 Å². The molecule has 2 aromatic rings. The van der Waals surface area contributed by atoms with Gasteiger partial charge in [0.2, 0.25) is 0 Å². The van der Waals surface area contributed by atoms with Gasteiger partial charge in [0.05, 0.1) is 0 Å². The average Bonchev–Trinajstić information content (AvgIpc) is 3.00. The van der Waals surface area contributed by atoms with Crippen LogP contribution in [0.25, 0.3) is 4.96 Å². The molecular formula is C13H17N3O2S. The fraction of sp³-hybridized carbons (Fsp3) is 0.538. The highest BCUT2D eigenvalue weighted by atomic mass is 32.1. The third-order valence-corrected chi connectivity index (χ3v) is 4.46. The molecule has 0 aliphatic carbocycles. The molecule has 3 heterocycles. The Bertz CT molecular complexity index is 569. The molecular weight excluding hydrogens is 262 g/mol. The van der Waals surface area contributed by atoms with Gasteiger partial charge < -0.3 is 9.64 Å². The normalized spacial score (nSPS) is 17.2. The second-order valence-electron chi connectivity index (χ2n) is 4.88. The molecule has 0 spiro atoms. The highest BCUT2D eigenvalue weighted by molar-refractivity contribution is 7.15. The smallest absolute Gasteiger partial charge is 0.196 e. The van der Waals surface area contributed by atoms with Gasteiger partial charge >= 0.3 is 0 Å². The summed E-state index contributed by atoms with van der Waals surface area (Å²) < 4.78 is 7.08. The van der Waals surface area contributed by atoms with Crippen molar-refractivity contribution in [1.82, 2.24) is 9.38 Å². The zero-order valence-electron chi connectivity index (χ0n) is 10.9. The van der Waals surface area contributed by atoms with Crippen molar-refractivity contribution in [2.75, 3.05) is 31.7 Å². The summed E-state index contributed by atoms with van der Waals surface area (Å²) in [5, 5.41) is 1.95. The summed E-state index contributed by atoms with van der Waals surface area (Å²) in [6.45, 7) is 2.71. The molecule has 1 aliphatic rings. The van der Waals surface area contributed by atoms with E-state index >= 15 is 0 Å². The van der Waals surface area contributed by atoms with Crippen LogP contribution in [-0.2, 0) is 4.74 Å². The maximum atomic E-state index is 11.3. The molecule has 2 aromatic heterocycles. The number of piperidine rings is 1. The first-order chi connectivity index (χ1) is 9.33. The molecule has 6 heteroatoms.